The molecule has 2 rings (SSSR count). The highest BCUT2D eigenvalue weighted by atomic mass is 79.9. The summed E-state index contributed by atoms with van der Waals surface area (Å²) in [6, 6.07) is 9.40. The van der Waals surface area contributed by atoms with E-state index in [1.807, 2.05) is 0 Å². The number of rotatable bonds is 6. The molecule has 1 aliphatic carbocycles. The summed E-state index contributed by atoms with van der Waals surface area (Å²) < 4.78 is 1.24. The molecule has 0 amide bonds. The minimum Gasteiger partial charge on any atom is -0.313 e. The van der Waals surface area contributed by atoms with Crippen molar-refractivity contribution in [1.82, 2.24) is 5.32 Å². The molecule has 1 nitrogen and oxygen atoms in total. The van der Waals surface area contributed by atoms with Gasteiger partial charge in [-0.15, -0.1) is 0 Å². The summed E-state index contributed by atoms with van der Waals surface area (Å²) in [6.07, 6.45) is 3.86. The topological polar surface area (TPSA) is 12.0 Å². The zero-order chi connectivity index (χ0) is 13.2. The van der Waals surface area contributed by atoms with Crippen LogP contribution in [0.3, 0.4) is 0 Å². The quantitative estimate of drug-likeness (QED) is 0.821. The van der Waals surface area contributed by atoms with Gasteiger partial charge in [0.1, 0.15) is 0 Å². The van der Waals surface area contributed by atoms with Gasteiger partial charge < -0.3 is 5.32 Å². The van der Waals surface area contributed by atoms with Gasteiger partial charge >= 0.3 is 0 Å². The molecule has 18 heavy (non-hydrogen) atoms. The molecule has 1 atom stereocenters. The van der Waals surface area contributed by atoms with Crippen LogP contribution in [-0.2, 0) is 6.42 Å². The van der Waals surface area contributed by atoms with E-state index in [0.29, 0.717) is 11.3 Å². The van der Waals surface area contributed by atoms with E-state index < -0.39 is 0 Å². The van der Waals surface area contributed by atoms with Crippen molar-refractivity contribution in [3.8, 4) is 0 Å². The molecule has 1 aromatic rings. The van der Waals surface area contributed by atoms with Crippen LogP contribution in [-0.4, -0.2) is 12.6 Å². The van der Waals surface area contributed by atoms with Crippen LogP contribution in [0.2, 0.25) is 0 Å². The number of benzene rings is 1. The molecule has 0 bridgehead atoms. The van der Waals surface area contributed by atoms with Crippen molar-refractivity contribution >= 4 is 15.9 Å². The van der Waals surface area contributed by atoms with Crippen molar-refractivity contribution in [2.24, 2.45) is 11.3 Å². The third-order valence-corrected chi connectivity index (χ3v) is 5.09. The smallest absolute Gasteiger partial charge is 0.0207 e. The fourth-order valence-corrected chi connectivity index (χ4v) is 2.64. The fourth-order valence-electron chi connectivity index (χ4n) is 2.21. The first-order valence-corrected chi connectivity index (χ1v) is 7.77. The van der Waals surface area contributed by atoms with Crippen LogP contribution in [0, 0.1) is 11.3 Å². The molecule has 1 fully saturated rings. The molecule has 0 saturated heterocycles. The lowest BCUT2D eigenvalue weighted by molar-refractivity contribution is 0.206. The molecule has 1 aromatic carbocycles. The highest BCUT2D eigenvalue weighted by Crippen LogP contribution is 2.34. The maximum atomic E-state index is 3.70. The van der Waals surface area contributed by atoms with Crippen molar-refractivity contribution < 1.29 is 0 Å². The van der Waals surface area contributed by atoms with Crippen molar-refractivity contribution in [1.29, 1.82) is 0 Å². The molecule has 2 heteroatoms. The van der Waals surface area contributed by atoms with Crippen LogP contribution in [0.5, 0.6) is 0 Å². The van der Waals surface area contributed by atoms with E-state index in [1.165, 1.54) is 22.9 Å². The number of nitrogens with one attached hydrogen (secondary N) is 1. The van der Waals surface area contributed by atoms with E-state index in [4.69, 9.17) is 0 Å². The van der Waals surface area contributed by atoms with Crippen LogP contribution in [0.1, 0.15) is 39.2 Å². The molecule has 1 saturated carbocycles. The first-order chi connectivity index (χ1) is 8.51. The molecule has 100 valence electrons. The lowest BCUT2D eigenvalue weighted by atomic mass is 9.74. The Labute approximate surface area is 119 Å². The standard InChI is InChI=1S/C16H24BrN/c1-12(2)16(3,11-18-14-8-9-14)10-13-6-4-5-7-15(13)17/h4-7,12,14,18H,8-11H2,1-3H3. The maximum Gasteiger partial charge on any atom is 0.0207 e. The van der Waals surface area contributed by atoms with Gasteiger partial charge in [-0.25, -0.2) is 0 Å². The van der Waals surface area contributed by atoms with Crippen molar-refractivity contribution in [2.75, 3.05) is 6.54 Å². The van der Waals surface area contributed by atoms with Crippen LogP contribution >= 0.6 is 15.9 Å². The number of hydrogen-bond donors (Lipinski definition) is 1. The Kier molecular flexibility index (Phi) is 4.50. The van der Waals surface area contributed by atoms with Gasteiger partial charge in [0.2, 0.25) is 0 Å². The Bertz CT molecular complexity index is 398. The molecular formula is C16H24BrN. The molecule has 0 radical (unpaired) electrons. The van der Waals surface area contributed by atoms with Crippen molar-refractivity contribution in [2.45, 2.75) is 46.1 Å². The van der Waals surface area contributed by atoms with Gasteiger partial charge in [0.25, 0.3) is 0 Å². The van der Waals surface area contributed by atoms with Crippen LogP contribution in [0.4, 0.5) is 0 Å². The second-order valence-corrected chi connectivity index (χ2v) is 7.09. The largest absolute Gasteiger partial charge is 0.313 e. The van der Waals surface area contributed by atoms with E-state index in [2.05, 4.69) is 66.3 Å². The van der Waals surface area contributed by atoms with Crippen LogP contribution in [0.25, 0.3) is 0 Å². The maximum absolute atomic E-state index is 3.70. The highest BCUT2D eigenvalue weighted by molar-refractivity contribution is 9.10. The van der Waals surface area contributed by atoms with E-state index in [-0.39, 0.29) is 0 Å². The predicted octanol–water partition coefficient (Wildman–Crippen LogP) is 4.41. The monoisotopic (exact) mass is 309 g/mol. The van der Waals surface area contributed by atoms with Crippen molar-refractivity contribution in [3.63, 3.8) is 0 Å². The van der Waals surface area contributed by atoms with Gasteiger partial charge in [0.15, 0.2) is 0 Å². The summed E-state index contributed by atoms with van der Waals surface area (Å²) in [7, 11) is 0. The zero-order valence-electron chi connectivity index (χ0n) is 11.7. The molecular weight excluding hydrogens is 286 g/mol. The van der Waals surface area contributed by atoms with Crippen molar-refractivity contribution in [3.05, 3.63) is 34.3 Å². The molecule has 0 spiro atoms. The van der Waals surface area contributed by atoms with Crippen LogP contribution in [0.15, 0.2) is 28.7 Å². The van der Waals surface area contributed by atoms with Gasteiger partial charge in [-0.1, -0.05) is 54.9 Å². The molecule has 1 unspecified atom stereocenters. The first-order valence-electron chi connectivity index (χ1n) is 6.98. The average Bonchev–Trinajstić information content (AvgIpc) is 3.13. The average molecular weight is 310 g/mol. The third kappa shape index (κ3) is 3.58. The van der Waals surface area contributed by atoms with Crippen LogP contribution < -0.4 is 5.32 Å². The Morgan fingerprint density at radius 1 is 1.33 bits per heavy atom. The molecule has 1 N–H and O–H groups in total. The Balaban J connectivity index is 2.06. The molecule has 0 heterocycles. The molecule has 0 aromatic heterocycles. The Morgan fingerprint density at radius 3 is 2.56 bits per heavy atom. The summed E-state index contributed by atoms with van der Waals surface area (Å²) in [5, 5.41) is 3.70. The Morgan fingerprint density at radius 2 is 2.00 bits per heavy atom. The summed E-state index contributed by atoms with van der Waals surface area (Å²) in [6.45, 7) is 8.21. The summed E-state index contributed by atoms with van der Waals surface area (Å²) in [4.78, 5) is 0. The first kappa shape index (κ1) is 14.1. The second-order valence-electron chi connectivity index (χ2n) is 6.23. The molecule has 0 aliphatic heterocycles. The second kappa shape index (κ2) is 5.75. The van der Waals surface area contributed by atoms with Gasteiger partial charge in [-0.3, -0.25) is 0 Å². The van der Waals surface area contributed by atoms with Gasteiger partial charge in [0, 0.05) is 17.1 Å². The fraction of sp³-hybridized carbons (Fsp3) is 0.625. The van der Waals surface area contributed by atoms with E-state index in [9.17, 15) is 0 Å². The number of halogens is 1. The van der Waals surface area contributed by atoms with Gasteiger partial charge in [-0.2, -0.15) is 0 Å². The SMILES string of the molecule is CC(C)C(C)(CNC1CC1)Cc1ccccc1Br. The highest BCUT2D eigenvalue weighted by Gasteiger charge is 2.31. The van der Waals surface area contributed by atoms with Gasteiger partial charge in [-0.05, 0) is 42.2 Å². The Hall–Kier alpha value is -0.340. The summed E-state index contributed by atoms with van der Waals surface area (Å²) in [5.41, 5.74) is 1.75. The van der Waals surface area contributed by atoms with E-state index >= 15 is 0 Å². The number of hydrogen-bond acceptors (Lipinski definition) is 1. The van der Waals surface area contributed by atoms with E-state index in [0.717, 1.165) is 19.0 Å². The lowest BCUT2D eigenvalue weighted by Gasteiger charge is -2.35. The van der Waals surface area contributed by atoms with Gasteiger partial charge in [0.05, 0.1) is 0 Å². The minimum absolute atomic E-state index is 0.326. The normalized spacial score (nSPS) is 18.9. The third-order valence-electron chi connectivity index (χ3n) is 4.32. The zero-order valence-corrected chi connectivity index (χ0v) is 13.3. The predicted molar refractivity (Wildman–Crippen MR) is 81.8 cm³/mol. The summed E-state index contributed by atoms with van der Waals surface area (Å²) >= 11 is 3.67. The van der Waals surface area contributed by atoms with E-state index in [1.54, 1.807) is 0 Å². The minimum atomic E-state index is 0.326. The molecule has 1 aliphatic rings. The lowest BCUT2D eigenvalue weighted by Crippen LogP contribution is -2.38. The summed E-state index contributed by atoms with van der Waals surface area (Å²) in [5.74, 6) is 0.677.